The molecule has 1 fully saturated rings. The number of rotatable bonds is 8. The van der Waals surface area contributed by atoms with E-state index in [1.54, 1.807) is 29.7 Å². The molecule has 0 radical (unpaired) electrons. The van der Waals surface area contributed by atoms with Crippen molar-refractivity contribution in [2.45, 2.75) is 46.2 Å². The second-order valence-corrected chi connectivity index (χ2v) is 9.63. The summed E-state index contributed by atoms with van der Waals surface area (Å²) in [6.07, 6.45) is 10.4. The summed E-state index contributed by atoms with van der Waals surface area (Å²) in [5, 5.41) is 3.31. The predicted octanol–water partition coefficient (Wildman–Crippen LogP) is 3.70. The minimum absolute atomic E-state index is 0.00245. The monoisotopic (exact) mass is 482 g/mol. The van der Waals surface area contributed by atoms with Crippen molar-refractivity contribution in [3.8, 4) is 0 Å². The highest BCUT2D eigenvalue weighted by atomic mass is 32.2. The maximum absolute atomic E-state index is 13.4. The van der Waals surface area contributed by atoms with Crippen LogP contribution in [0.3, 0.4) is 0 Å². The molecule has 1 saturated heterocycles. The minimum Gasteiger partial charge on any atom is -0.369 e. The summed E-state index contributed by atoms with van der Waals surface area (Å²) < 4.78 is 4.03. The lowest BCUT2D eigenvalue weighted by Gasteiger charge is -2.21. The van der Waals surface area contributed by atoms with E-state index in [1.807, 2.05) is 43.7 Å². The summed E-state index contributed by atoms with van der Waals surface area (Å²) in [5.41, 5.74) is 1.61. The quantitative estimate of drug-likeness (QED) is 0.298. The molecule has 1 N–H and O–H groups in total. The lowest BCUT2D eigenvalue weighted by Crippen LogP contribution is -2.36. The number of carbonyl (C=O) groups excluding carboxylic acids is 1. The Morgan fingerprint density at radius 3 is 2.85 bits per heavy atom. The molecule has 4 heterocycles. The van der Waals surface area contributed by atoms with Crippen molar-refractivity contribution in [3.05, 3.63) is 63.4 Å². The van der Waals surface area contributed by atoms with Crippen molar-refractivity contribution < 1.29 is 4.79 Å². The predicted molar refractivity (Wildman–Crippen MR) is 136 cm³/mol. The SMILES string of the molecule is CC[C@@H](C)N1C(=O)/C(=C\c2c(NCCCn3ccnc3)nc3c(C)cccn3c2=O)SC1=S. The third-order valence-electron chi connectivity index (χ3n) is 5.66. The fourth-order valence-corrected chi connectivity index (χ4v) is 5.08. The van der Waals surface area contributed by atoms with E-state index in [-0.39, 0.29) is 17.5 Å². The number of nitrogens with one attached hydrogen (secondary N) is 1. The van der Waals surface area contributed by atoms with Crippen LogP contribution in [0.4, 0.5) is 5.82 Å². The summed E-state index contributed by atoms with van der Waals surface area (Å²) in [6, 6.07) is 3.74. The van der Waals surface area contributed by atoms with Crippen LogP contribution in [0.1, 0.15) is 37.8 Å². The van der Waals surface area contributed by atoms with Crippen LogP contribution in [-0.4, -0.2) is 46.6 Å². The number of thioether (sulfide) groups is 1. The van der Waals surface area contributed by atoms with Crippen LogP contribution in [0.2, 0.25) is 0 Å². The van der Waals surface area contributed by atoms with Gasteiger partial charge in [-0.15, -0.1) is 0 Å². The van der Waals surface area contributed by atoms with Gasteiger partial charge in [-0.2, -0.15) is 0 Å². The number of carbonyl (C=O) groups is 1. The van der Waals surface area contributed by atoms with Crippen LogP contribution in [0.25, 0.3) is 11.7 Å². The Labute approximate surface area is 201 Å². The molecule has 1 amide bonds. The standard InChI is InChI=1S/C23H26N6O2S2/c1-4-16(3)29-22(31)18(33-23(29)32)13-17-19(25-8-6-10-27-12-9-24-14-27)26-20-15(2)7-5-11-28(20)21(17)30/h5,7,9,11-14,16,25H,4,6,8,10H2,1-3H3/b18-13+/t16-/m1/s1. The minimum atomic E-state index is -0.227. The smallest absolute Gasteiger partial charge is 0.267 e. The van der Waals surface area contributed by atoms with Gasteiger partial charge in [0.25, 0.3) is 11.5 Å². The molecular weight excluding hydrogens is 456 g/mol. The van der Waals surface area contributed by atoms with Gasteiger partial charge in [0.2, 0.25) is 0 Å². The summed E-state index contributed by atoms with van der Waals surface area (Å²) >= 11 is 6.67. The number of imidazole rings is 1. The molecular formula is C23H26N6O2S2. The zero-order chi connectivity index (χ0) is 23.5. The molecule has 8 nitrogen and oxygen atoms in total. The van der Waals surface area contributed by atoms with Gasteiger partial charge < -0.3 is 9.88 Å². The number of aromatic nitrogens is 4. The molecule has 1 aliphatic heterocycles. The number of thiocarbonyl (C=S) groups is 1. The van der Waals surface area contributed by atoms with Gasteiger partial charge in [0.05, 0.1) is 16.8 Å². The Bertz CT molecular complexity index is 1280. The highest BCUT2D eigenvalue weighted by molar-refractivity contribution is 8.26. The lowest BCUT2D eigenvalue weighted by molar-refractivity contribution is -0.123. The van der Waals surface area contributed by atoms with Crippen LogP contribution in [0, 0.1) is 6.92 Å². The van der Waals surface area contributed by atoms with Crippen molar-refractivity contribution in [3.63, 3.8) is 0 Å². The van der Waals surface area contributed by atoms with Gasteiger partial charge in [0.1, 0.15) is 15.8 Å². The van der Waals surface area contributed by atoms with E-state index in [9.17, 15) is 9.59 Å². The molecule has 3 aromatic heterocycles. The molecule has 10 heteroatoms. The fraction of sp³-hybridized carbons (Fsp3) is 0.348. The van der Waals surface area contributed by atoms with Gasteiger partial charge in [-0.1, -0.05) is 37.0 Å². The number of nitrogens with zero attached hydrogens (tertiary/aromatic N) is 5. The third kappa shape index (κ3) is 4.72. The first-order valence-corrected chi connectivity index (χ1v) is 12.1. The van der Waals surface area contributed by atoms with Gasteiger partial charge in [-0.3, -0.25) is 18.9 Å². The van der Waals surface area contributed by atoms with E-state index in [2.05, 4.69) is 10.3 Å². The van der Waals surface area contributed by atoms with Crippen LogP contribution < -0.4 is 10.9 Å². The van der Waals surface area contributed by atoms with Crippen molar-refractivity contribution in [2.75, 3.05) is 11.9 Å². The first-order chi connectivity index (χ1) is 15.9. The summed E-state index contributed by atoms with van der Waals surface area (Å²) in [4.78, 5) is 37.3. The second-order valence-electron chi connectivity index (χ2n) is 7.95. The van der Waals surface area contributed by atoms with E-state index in [0.29, 0.717) is 32.8 Å². The van der Waals surface area contributed by atoms with E-state index in [1.165, 1.54) is 16.2 Å². The number of aryl methyl sites for hydroxylation is 2. The van der Waals surface area contributed by atoms with Crippen LogP contribution in [-0.2, 0) is 11.3 Å². The average molecular weight is 483 g/mol. The summed E-state index contributed by atoms with van der Waals surface area (Å²) in [7, 11) is 0. The molecule has 0 bridgehead atoms. The number of amides is 1. The van der Waals surface area contributed by atoms with Gasteiger partial charge >= 0.3 is 0 Å². The molecule has 172 valence electrons. The van der Waals surface area contributed by atoms with Gasteiger partial charge in [0.15, 0.2) is 0 Å². The summed E-state index contributed by atoms with van der Waals surface area (Å²) in [5.74, 6) is 0.299. The highest BCUT2D eigenvalue weighted by Crippen LogP contribution is 2.34. The first kappa shape index (κ1) is 23.2. The van der Waals surface area contributed by atoms with Crippen LogP contribution in [0.15, 0.2) is 46.8 Å². The molecule has 0 aromatic carbocycles. The molecule has 4 rings (SSSR count). The largest absolute Gasteiger partial charge is 0.369 e. The number of hydrogen-bond acceptors (Lipinski definition) is 7. The first-order valence-electron chi connectivity index (χ1n) is 10.9. The Morgan fingerprint density at radius 1 is 1.30 bits per heavy atom. The van der Waals surface area contributed by atoms with E-state index >= 15 is 0 Å². The van der Waals surface area contributed by atoms with Gasteiger partial charge in [0, 0.05) is 37.7 Å². The Morgan fingerprint density at radius 2 is 2.12 bits per heavy atom. The Balaban J connectivity index is 1.69. The molecule has 3 aromatic rings. The molecule has 1 atom stereocenters. The Hall–Kier alpha value is -2.98. The third-order valence-corrected chi connectivity index (χ3v) is 6.99. The van der Waals surface area contributed by atoms with Crippen molar-refractivity contribution in [1.82, 2.24) is 23.8 Å². The van der Waals surface area contributed by atoms with Crippen LogP contribution in [0.5, 0.6) is 0 Å². The molecule has 33 heavy (non-hydrogen) atoms. The normalized spacial score (nSPS) is 16.2. The number of hydrogen-bond donors (Lipinski definition) is 1. The van der Waals surface area contributed by atoms with E-state index in [0.717, 1.165) is 24.9 Å². The van der Waals surface area contributed by atoms with Crippen molar-refractivity contribution >= 4 is 51.7 Å². The van der Waals surface area contributed by atoms with Crippen molar-refractivity contribution in [2.24, 2.45) is 0 Å². The molecule has 0 spiro atoms. The van der Waals surface area contributed by atoms with Crippen molar-refractivity contribution in [1.29, 1.82) is 0 Å². The highest BCUT2D eigenvalue weighted by Gasteiger charge is 2.35. The molecule has 0 aliphatic carbocycles. The number of anilines is 1. The number of fused-ring (bicyclic) bond motifs is 1. The second kappa shape index (κ2) is 9.88. The Kier molecular flexibility index (Phi) is 6.94. The van der Waals surface area contributed by atoms with E-state index < -0.39 is 0 Å². The zero-order valence-corrected chi connectivity index (χ0v) is 20.4. The van der Waals surface area contributed by atoms with Gasteiger partial charge in [-0.25, -0.2) is 9.97 Å². The summed E-state index contributed by atoms with van der Waals surface area (Å²) in [6.45, 7) is 7.31. The topological polar surface area (TPSA) is 84.5 Å². The fourth-order valence-electron chi connectivity index (χ4n) is 3.64. The average Bonchev–Trinajstić information content (AvgIpc) is 3.41. The number of pyridine rings is 1. The lowest BCUT2D eigenvalue weighted by atomic mass is 10.2. The molecule has 0 unspecified atom stereocenters. The van der Waals surface area contributed by atoms with E-state index in [4.69, 9.17) is 17.2 Å². The molecule has 0 saturated carbocycles. The zero-order valence-electron chi connectivity index (χ0n) is 18.8. The maximum atomic E-state index is 13.4. The van der Waals surface area contributed by atoms with Crippen LogP contribution >= 0.6 is 24.0 Å². The molecule has 1 aliphatic rings. The maximum Gasteiger partial charge on any atom is 0.267 e. The van der Waals surface area contributed by atoms with Gasteiger partial charge in [-0.05, 0) is 44.4 Å².